The topological polar surface area (TPSA) is 128 Å². The van der Waals surface area contributed by atoms with Crippen LogP contribution >= 0.6 is 0 Å². The van der Waals surface area contributed by atoms with Gasteiger partial charge in [0.2, 0.25) is 0 Å². The van der Waals surface area contributed by atoms with Gasteiger partial charge in [-0.25, -0.2) is 4.79 Å². The van der Waals surface area contributed by atoms with E-state index in [1.165, 1.54) is 30.0 Å². The number of carbonyl (C=O) groups is 2. The van der Waals surface area contributed by atoms with E-state index >= 15 is 0 Å². The van der Waals surface area contributed by atoms with Crippen molar-refractivity contribution in [2.45, 2.75) is 12.8 Å². The van der Waals surface area contributed by atoms with Crippen LogP contribution in [0.5, 0.6) is 0 Å². The lowest BCUT2D eigenvalue weighted by Gasteiger charge is -2.02. The van der Waals surface area contributed by atoms with Crippen LogP contribution in [-0.2, 0) is 16.1 Å². The van der Waals surface area contributed by atoms with E-state index in [1.54, 1.807) is 0 Å². The average Bonchev–Trinajstić information content (AvgIpc) is 2.75. The minimum absolute atomic E-state index is 0.104. The van der Waals surface area contributed by atoms with Gasteiger partial charge in [0.25, 0.3) is 0 Å². The Morgan fingerprint density at radius 1 is 1.50 bits per heavy atom. The zero-order valence-electron chi connectivity index (χ0n) is 10.6. The van der Waals surface area contributed by atoms with E-state index < -0.39 is 18.2 Å². The van der Waals surface area contributed by atoms with Gasteiger partial charge in [-0.2, -0.15) is 5.10 Å². The molecule has 0 aliphatic rings. The van der Waals surface area contributed by atoms with Gasteiger partial charge >= 0.3 is 11.9 Å². The van der Waals surface area contributed by atoms with Gasteiger partial charge in [-0.1, -0.05) is 0 Å². The summed E-state index contributed by atoms with van der Waals surface area (Å²) < 4.78 is 5.80. The molecule has 8 heteroatoms. The van der Waals surface area contributed by atoms with Crippen LogP contribution in [0.3, 0.4) is 0 Å². The number of aliphatic hydroxyl groups excluding tert-OH is 1. The Kier molecular flexibility index (Phi) is 3.68. The summed E-state index contributed by atoms with van der Waals surface area (Å²) in [7, 11) is 1.25. The standard InChI is InChI=1S/C12H13N3O5/c1-20-12(19)6-2-3-8-7(4-6)10(11(13)18)14-15(8)5-9(16)17/h2-4,11,18H,5,13H2,1H3,(H,16,17). The number of esters is 1. The number of aromatic nitrogens is 2. The molecule has 8 nitrogen and oxygen atoms in total. The van der Waals surface area contributed by atoms with Crippen molar-refractivity contribution >= 4 is 22.8 Å². The minimum atomic E-state index is -1.37. The first kappa shape index (κ1) is 14.0. The van der Waals surface area contributed by atoms with E-state index in [0.29, 0.717) is 10.9 Å². The van der Waals surface area contributed by atoms with Gasteiger partial charge in [0.05, 0.1) is 18.2 Å². The quantitative estimate of drug-likeness (QED) is 0.524. The molecule has 0 amide bonds. The number of aliphatic carboxylic acids is 1. The molecule has 0 saturated heterocycles. The van der Waals surface area contributed by atoms with Crippen LogP contribution in [0.25, 0.3) is 10.9 Å². The van der Waals surface area contributed by atoms with Gasteiger partial charge < -0.3 is 20.7 Å². The first-order valence-electron chi connectivity index (χ1n) is 5.68. The highest BCUT2D eigenvalue weighted by Gasteiger charge is 2.18. The molecule has 1 aromatic carbocycles. The van der Waals surface area contributed by atoms with Crippen LogP contribution < -0.4 is 5.73 Å². The summed E-state index contributed by atoms with van der Waals surface area (Å²) in [6.07, 6.45) is -1.37. The number of fused-ring (bicyclic) bond motifs is 1. The second kappa shape index (κ2) is 5.27. The summed E-state index contributed by atoms with van der Waals surface area (Å²) in [5.74, 6) is -1.63. The van der Waals surface area contributed by atoms with Crippen molar-refractivity contribution in [2.75, 3.05) is 7.11 Å². The van der Waals surface area contributed by atoms with Crippen molar-refractivity contribution in [3.8, 4) is 0 Å². The van der Waals surface area contributed by atoms with Crippen LogP contribution in [-0.4, -0.2) is 39.0 Å². The summed E-state index contributed by atoms with van der Waals surface area (Å²) in [6, 6.07) is 4.47. The van der Waals surface area contributed by atoms with E-state index in [1.807, 2.05) is 0 Å². The van der Waals surface area contributed by atoms with E-state index in [0.717, 1.165) is 0 Å². The first-order valence-corrected chi connectivity index (χ1v) is 5.68. The largest absolute Gasteiger partial charge is 0.480 e. The number of rotatable bonds is 4. The lowest BCUT2D eigenvalue weighted by atomic mass is 10.1. The Morgan fingerprint density at radius 3 is 2.75 bits per heavy atom. The van der Waals surface area contributed by atoms with Gasteiger partial charge in [0, 0.05) is 5.39 Å². The van der Waals surface area contributed by atoms with Crippen LogP contribution in [0.15, 0.2) is 18.2 Å². The molecular formula is C12H13N3O5. The fraction of sp³-hybridized carbons (Fsp3) is 0.250. The van der Waals surface area contributed by atoms with Crippen molar-refractivity contribution in [3.05, 3.63) is 29.5 Å². The molecule has 2 aromatic rings. The molecule has 1 aromatic heterocycles. The molecule has 0 saturated carbocycles. The van der Waals surface area contributed by atoms with E-state index in [9.17, 15) is 14.7 Å². The number of ether oxygens (including phenoxy) is 1. The van der Waals surface area contributed by atoms with E-state index in [2.05, 4.69) is 9.84 Å². The Morgan fingerprint density at radius 2 is 2.20 bits per heavy atom. The molecule has 106 valence electrons. The first-order chi connectivity index (χ1) is 9.43. The number of aliphatic hydroxyl groups is 1. The molecular weight excluding hydrogens is 266 g/mol. The molecule has 1 unspecified atom stereocenters. The molecule has 0 radical (unpaired) electrons. The van der Waals surface area contributed by atoms with Crippen molar-refractivity contribution in [1.82, 2.24) is 9.78 Å². The Bertz CT molecular complexity index is 677. The highest BCUT2D eigenvalue weighted by molar-refractivity contribution is 5.95. The molecule has 0 bridgehead atoms. The van der Waals surface area contributed by atoms with Gasteiger partial charge in [-0.15, -0.1) is 0 Å². The second-order valence-electron chi connectivity index (χ2n) is 4.10. The van der Waals surface area contributed by atoms with Gasteiger partial charge in [-0.05, 0) is 18.2 Å². The fourth-order valence-electron chi connectivity index (χ4n) is 1.92. The van der Waals surface area contributed by atoms with Crippen molar-refractivity contribution in [3.63, 3.8) is 0 Å². The third-order valence-corrected chi connectivity index (χ3v) is 2.77. The summed E-state index contributed by atoms with van der Waals surface area (Å²) in [6.45, 7) is -0.374. The molecule has 2 rings (SSSR count). The van der Waals surface area contributed by atoms with Gasteiger partial charge in [-0.3, -0.25) is 9.48 Å². The Balaban J connectivity index is 2.63. The monoisotopic (exact) mass is 279 g/mol. The predicted octanol–water partition coefficient (Wildman–Crippen LogP) is -0.143. The van der Waals surface area contributed by atoms with Crippen LogP contribution in [0.4, 0.5) is 0 Å². The second-order valence-corrected chi connectivity index (χ2v) is 4.10. The molecule has 20 heavy (non-hydrogen) atoms. The average molecular weight is 279 g/mol. The molecule has 0 spiro atoms. The number of carboxylic acids is 1. The highest BCUT2D eigenvalue weighted by Crippen LogP contribution is 2.23. The maximum Gasteiger partial charge on any atom is 0.337 e. The SMILES string of the molecule is COC(=O)c1ccc2c(c1)c(C(N)O)nn2CC(=O)O. The number of hydrogen-bond acceptors (Lipinski definition) is 6. The summed E-state index contributed by atoms with van der Waals surface area (Å²) in [5.41, 5.74) is 6.22. The van der Waals surface area contributed by atoms with Crippen molar-refractivity contribution in [2.24, 2.45) is 5.73 Å². The lowest BCUT2D eigenvalue weighted by Crippen LogP contribution is -2.13. The fourth-order valence-corrected chi connectivity index (χ4v) is 1.92. The third-order valence-electron chi connectivity index (χ3n) is 2.77. The van der Waals surface area contributed by atoms with Gasteiger partial charge in [0.15, 0.2) is 0 Å². The maximum absolute atomic E-state index is 11.5. The minimum Gasteiger partial charge on any atom is -0.480 e. The number of benzene rings is 1. The molecule has 0 aliphatic carbocycles. The van der Waals surface area contributed by atoms with Crippen LogP contribution in [0.2, 0.25) is 0 Å². The normalized spacial score (nSPS) is 12.3. The summed E-state index contributed by atoms with van der Waals surface area (Å²) in [5, 5.41) is 22.7. The number of carboxylic acid groups (broad SMARTS) is 1. The summed E-state index contributed by atoms with van der Waals surface area (Å²) >= 11 is 0. The van der Waals surface area contributed by atoms with Crippen molar-refractivity contribution < 1.29 is 24.5 Å². The molecule has 0 aliphatic heterocycles. The number of hydrogen-bond donors (Lipinski definition) is 3. The van der Waals surface area contributed by atoms with E-state index in [-0.39, 0.29) is 17.8 Å². The van der Waals surface area contributed by atoms with Crippen LogP contribution in [0, 0.1) is 0 Å². The number of methoxy groups -OCH3 is 1. The Labute approximate surface area is 113 Å². The summed E-state index contributed by atoms with van der Waals surface area (Å²) in [4.78, 5) is 22.3. The molecule has 0 fully saturated rings. The zero-order valence-corrected chi connectivity index (χ0v) is 10.6. The van der Waals surface area contributed by atoms with E-state index in [4.69, 9.17) is 10.8 Å². The number of carbonyl (C=O) groups excluding carboxylic acids is 1. The predicted molar refractivity (Wildman–Crippen MR) is 67.9 cm³/mol. The molecule has 1 atom stereocenters. The number of nitrogens with two attached hydrogens (primary N) is 1. The van der Waals surface area contributed by atoms with Crippen molar-refractivity contribution in [1.29, 1.82) is 0 Å². The lowest BCUT2D eigenvalue weighted by molar-refractivity contribution is -0.137. The highest BCUT2D eigenvalue weighted by atomic mass is 16.5. The van der Waals surface area contributed by atoms with Gasteiger partial charge in [0.1, 0.15) is 18.5 Å². The third kappa shape index (κ3) is 2.46. The molecule has 4 N–H and O–H groups in total. The maximum atomic E-state index is 11.5. The smallest absolute Gasteiger partial charge is 0.337 e. The Hall–Kier alpha value is -2.45. The molecule has 1 heterocycles. The zero-order chi connectivity index (χ0) is 14.9. The van der Waals surface area contributed by atoms with Crippen LogP contribution in [0.1, 0.15) is 22.3 Å². The number of nitrogens with zero attached hydrogens (tertiary/aromatic N) is 2.